The summed E-state index contributed by atoms with van der Waals surface area (Å²) in [5.41, 5.74) is 0. The largest absolute Gasteiger partial charge is 0.379 e. The summed E-state index contributed by atoms with van der Waals surface area (Å²) in [5, 5.41) is 3.98. The van der Waals surface area contributed by atoms with Gasteiger partial charge < -0.3 is 14.4 Å². The first-order valence-electron chi connectivity index (χ1n) is 12.7. The molecule has 0 N–H and O–H groups in total. The maximum absolute atomic E-state index is 13.0. The number of hydrogen-bond donors (Lipinski definition) is 0. The number of imide groups is 1. The molecule has 6 nitrogen and oxygen atoms in total. The quantitative estimate of drug-likeness (QED) is 0.123. The third-order valence-electron chi connectivity index (χ3n) is 6.61. The maximum atomic E-state index is 13.0. The Balaban J connectivity index is 1.28. The van der Waals surface area contributed by atoms with Crippen molar-refractivity contribution >= 4 is 86.7 Å². The average molecular weight is 599 g/mol. The molecule has 0 bridgehead atoms. The van der Waals surface area contributed by atoms with Crippen LogP contribution in [0.5, 0.6) is 0 Å². The summed E-state index contributed by atoms with van der Waals surface area (Å²) in [7, 11) is 2.40. The predicted octanol–water partition coefficient (Wildman–Crippen LogP) is 5.55. The first-order valence-corrected chi connectivity index (χ1v) is 18.7. The highest BCUT2D eigenvalue weighted by molar-refractivity contribution is 8.18. The predicted molar refractivity (Wildman–Crippen MR) is 162 cm³/mol. The van der Waals surface area contributed by atoms with Crippen LogP contribution in [-0.4, -0.2) is 77.1 Å². The van der Waals surface area contributed by atoms with E-state index in [9.17, 15) is 9.59 Å². The Bertz CT molecular complexity index is 1160. The summed E-state index contributed by atoms with van der Waals surface area (Å²) in [6.07, 6.45) is 6.23. The van der Waals surface area contributed by atoms with Crippen LogP contribution in [0.1, 0.15) is 30.6 Å². The average Bonchev–Trinajstić information content (AvgIpc) is 3.58. The van der Waals surface area contributed by atoms with E-state index in [1.54, 1.807) is 11.3 Å². The molecule has 2 aromatic rings. The third kappa shape index (κ3) is 6.54. The van der Waals surface area contributed by atoms with E-state index in [1.165, 1.54) is 30.0 Å². The highest BCUT2D eigenvalue weighted by atomic mass is 35.5. The number of amides is 2. The van der Waals surface area contributed by atoms with Crippen LogP contribution in [0.15, 0.2) is 17.0 Å². The monoisotopic (exact) mass is 598 g/mol. The number of hydrogen-bond acceptors (Lipinski definition) is 8. The number of alkyl halides is 1. The molecule has 2 amide bonds. The minimum Gasteiger partial charge on any atom is -0.379 e. The molecular formula is C26H35ClN2O4S3Si. The van der Waals surface area contributed by atoms with Gasteiger partial charge in [-0.15, -0.1) is 34.3 Å². The molecule has 0 aromatic carbocycles. The molecular weight excluding hydrogens is 564 g/mol. The van der Waals surface area contributed by atoms with Gasteiger partial charge in [0.15, 0.2) is 0 Å². The van der Waals surface area contributed by atoms with Gasteiger partial charge in [0.25, 0.3) is 11.1 Å². The normalized spacial score (nSPS) is 17.2. The van der Waals surface area contributed by atoms with Crippen molar-refractivity contribution < 1.29 is 19.1 Å². The van der Waals surface area contributed by atoms with Crippen LogP contribution in [0.2, 0.25) is 13.1 Å². The van der Waals surface area contributed by atoms with Crippen molar-refractivity contribution in [3.05, 3.63) is 21.9 Å². The molecule has 0 unspecified atom stereocenters. The number of thiophene rings is 2. The first kappa shape index (κ1) is 28.9. The zero-order chi connectivity index (χ0) is 26.6. The molecule has 2 aliphatic rings. The van der Waals surface area contributed by atoms with E-state index in [-0.39, 0.29) is 17.7 Å². The second-order valence-electron chi connectivity index (χ2n) is 9.90. The van der Waals surface area contributed by atoms with E-state index < -0.39 is 8.07 Å². The molecule has 11 heteroatoms. The topological polar surface area (TPSA) is 59.1 Å². The highest BCUT2D eigenvalue weighted by Gasteiger charge is 2.41. The number of carbonyl (C=O) groups excluding carboxylic acids is 2. The van der Waals surface area contributed by atoms with Crippen LogP contribution in [0.3, 0.4) is 0 Å². The molecule has 0 aliphatic carbocycles. The van der Waals surface area contributed by atoms with Crippen LogP contribution in [-0.2, 0) is 14.3 Å². The molecule has 4 rings (SSSR count). The molecule has 4 heterocycles. The Morgan fingerprint density at radius 2 is 1.62 bits per heavy atom. The minimum absolute atomic E-state index is 0.233. The Kier molecular flexibility index (Phi) is 9.99. The van der Waals surface area contributed by atoms with E-state index in [2.05, 4.69) is 44.2 Å². The lowest BCUT2D eigenvalue weighted by molar-refractivity contribution is -0.123. The zero-order valence-corrected chi connectivity index (χ0v) is 26.1. The summed E-state index contributed by atoms with van der Waals surface area (Å²) in [5.74, 6) is 0.486. The SMILES string of the molecule is CN(C)c1cc2c(s1)-c1sc(/C=C3\SC(=O)N(CCOCCOCCCCCCCl)C3=O)cc1[Si]2(C)C. The third-order valence-corrected chi connectivity index (χ3v) is 14.2. The van der Waals surface area contributed by atoms with Gasteiger partial charge in [0.05, 0.1) is 36.3 Å². The molecule has 0 radical (unpaired) electrons. The molecule has 2 aliphatic heterocycles. The summed E-state index contributed by atoms with van der Waals surface area (Å²) >= 11 is 10.3. The van der Waals surface area contributed by atoms with Gasteiger partial charge >= 0.3 is 0 Å². The number of anilines is 1. The van der Waals surface area contributed by atoms with Crippen molar-refractivity contribution in [3.8, 4) is 9.75 Å². The highest BCUT2D eigenvalue weighted by Crippen LogP contribution is 2.42. The van der Waals surface area contributed by atoms with E-state index in [0.717, 1.165) is 54.8 Å². The standard InChI is InChI=1S/C26H35ClN2O4S3Si/c1-28(2)22-17-21-24(36-22)23-20(37(21,3)4)16-18(34-23)15-19-25(30)29(26(31)35-19)10-12-33-14-13-32-11-8-6-5-7-9-27/h15-17H,5-14H2,1-4H3/b19-15-. The number of rotatable bonds is 14. The smallest absolute Gasteiger partial charge is 0.293 e. The maximum Gasteiger partial charge on any atom is 0.293 e. The van der Waals surface area contributed by atoms with Gasteiger partial charge in [0, 0.05) is 41.2 Å². The van der Waals surface area contributed by atoms with Gasteiger partial charge in [0.1, 0.15) is 8.07 Å². The number of halogens is 1. The molecule has 202 valence electrons. The summed E-state index contributed by atoms with van der Waals surface area (Å²) in [6.45, 7) is 7.04. The van der Waals surface area contributed by atoms with E-state index in [0.29, 0.717) is 24.7 Å². The molecule has 0 saturated carbocycles. The van der Waals surface area contributed by atoms with Gasteiger partial charge in [-0.05, 0) is 53.2 Å². The van der Waals surface area contributed by atoms with Crippen LogP contribution >= 0.6 is 46.0 Å². The first-order chi connectivity index (χ1) is 17.7. The molecule has 1 saturated heterocycles. The summed E-state index contributed by atoms with van der Waals surface area (Å²) < 4.78 is 11.2. The van der Waals surface area contributed by atoms with Gasteiger partial charge in [0.2, 0.25) is 0 Å². The molecule has 0 atom stereocenters. The molecule has 2 aromatic heterocycles. The lowest BCUT2D eigenvalue weighted by Gasteiger charge is -2.16. The fourth-order valence-electron chi connectivity index (χ4n) is 4.44. The van der Waals surface area contributed by atoms with Crippen molar-refractivity contribution in [2.24, 2.45) is 0 Å². The van der Waals surface area contributed by atoms with Crippen molar-refractivity contribution in [1.82, 2.24) is 4.90 Å². The number of fused-ring (bicyclic) bond motifs is 3. The Labute approximate surface area is 238 Å². The Hall–Kier alpha value is -1.14. The van der Waals surface area contributed by atoms with Crippen LogP contribution in [0.4, 0.5) is 9.80 Å². The fourth-order valence-corrected chi connectivity index (χ4v) is 12.6. The van der Waals surface area contributed by atoms with Crippen LogP contribution < -0.4 is 15.3 Å². The lowest BCUT2D eigenvalue weighted by atomic mass is 10.2. The number of ether oxygens (including phenoxy) is 2. The van der Waals surface area contributed by atoms with E-state index in [1.807, 2.05) is 17.4 Å². The zero-order valence-electron chi connectivity index (χ0n) is 21.9. The number of carbonyl (C=O) groups is 2. The van der Waals surface area contributed by atoms with Crippen molar-refractivity contribution in [3.63, 3.8) is 0 Å². The number of unbranched alkanes of at least 4 members (excludes halogenated alkanes) is 3. The second-order valence-corrected chi connectivity index (χ2v) is 17.7. The van der Waals surface area contributed by atoms with E-state index >= 15 is 0 Å². The van der Waals surface area contributed by atoms with Crippen molar-refractivity contribution in [1.29, 1.82) is 0 Å². The van der Waals surface area contributed by atoms with Gasteiger partial charge in [-0.1, -0.05) is 25.9 Å². The minimum atomic E-state index is -1.76. The van der Waals surface area contributed by atoms with Crippen LogP contribution in [0.25, 0.3) is 15.8 Å². The summed E-state index contributed by atoms with van der Waals surface area (Å²) in [4.78, 5) is 33.2. The van der Waals surface area contributed by atoms with Crippen molar-refractivity contribution in [2.75, 3.05) is 57.8 Å². The molecule has 0 spiro atoms. The number of nitrogens with zero attached hydrogens (tertiary/aromatic N) is 2. The Morgan fingerprint density at radius 1 is 0.946 bits per heavy atom. The van der Waals surface area contributed by atoms with Gasteiger partial charge in [-0.2, -0.15) is 0 Å². The Morgan fingerprint density at radius 3 is 2.35 bits per heavy atom. The molecule has 1 fully saturated rings. The molecule has 37 heavy (non-hydrogen) atoms. The summed E-state index contributed by atoms with van der Waals surface area (Å²) in [6, 6.07) is 4.59. The number of thioether (sulfide) groups is 1. The van der Waals surface area contributed by atoms with Crippen molar-refractivity contribution in [2.45, 2.75) is 38.8 Å². The second kappa shape index (κ2) is 12.8. The van der Waals surface area contributed by atoms with Gasteiger partial charge in [-0.3, -0.25) is 14.5 Å². The lowest BCUT2D eigenvalue weighted by Crippen LogP contribution is -2.48. The van der Waals surface area contributed by atoms with E-state index in [4.69, 9.17) is 21.1 Å². The van der Waals surface area contributed by atoms with Gasteiger partial charge in [-0.25, -0.2) is 0 Å². The van der Waals surface area contributed by atoms with Crippen LogP contribution in [0, 0.1) is 0 Å². The fraction of sp³-hybridized carbons (Fsp3) is 0.538.